The van der Waals surface area contributed by atoms with Crippen LogP contribution >= 0.6 is 0 Å². The van der Waals surface area contributed by atoms with E-state index in [-0.39, 0.29) is 0 Å². The summed E-state index contributed by atoms with van der Waals surface area (Å²) in [7, 11) is 1.33. The molecule has 9 heavy (non-hydrogen) atoms. The molecule has 0 aliphatic heterocycles. The van der Waals surface area contributed by atoms with Gasteiger partial charge in [-0.05, 0) is 12.1 Å². The molecular weight excluding hydrogens is 119 g/mol. The van der Waals surface area contributed by atoms with Crippen molar-refractivity contribution in [2.45, 2.75) is 0 Å². The van der Waals surface area contributed by atoms with Crippen LogP contribution in [0, 0.1) is 0 Å². The van der Waals surface area contributed by atoms with Crippen molar-refractivity contribution in [3.8, 4) is 0 Å². The molecule has 2 nitrogen and oxygen atoms in total. The van der Waals surface area contributed by atoms with Crippen molar-refractivity contribution in [3.63, 3.8) is 0 Å². The van der Waals surface area contributed by atoms with Gasteiger partial charge in [-0.25, -0.2) is 5.12 Å². The standard InChI is InChI=1S/C6H7FN2/c1-9(7)6-3-2-4-8-5-6/h2-5H,1H3. The van der Waals surface area contributed by atoms with Gasteiger partial charge in [0.05, 0.1) is 11.9 Å². The highest BCUT2D eigenvalue weighted by Gasteiger charge is 1.93. The van der Waals surface area contributed by atoms with Gasteiger partial charge < -0.3 is 0 Å². The smallest absolute Gasteiger partial charge is 0.0867 e. The van der Waals surface area contributed by atoms with Gasteiger partial charge >= 0.3 is 0 Å². The SMILES string of the molecule is CN(F)c1cccnc1. The van der Waals surface area contributed by atoms with Gasteiger partial charge in [0, 0.05) is 13.2 Å². The van der Waals surface area contributed by atoms with E-state index in [4.69, 9.17) is 0 Å². The summed E-state index contributed by atoms with van der Waals surface area (Å²) in [6.45, 7) is 0. The first-order chi connectivity index (χ1) is 4.30. The summed E-state index contributed by atoms with van der Waals surface area (Å²) >= 11 is 0. The highest BCUT2D eigenvalue weighted by Crippen LogP contribution is 2.07. The highest BCUT2D eigenvalue weighted by atomic mass is 19.2. The molecule has 1 heterocycles. The number of hydrogen-bond donors (Lipinski definition) is 0. The average Bonchev–Trinajstić information content (AvgIpc) is 1.90. The number of aromatic nitrogens is 1. The third kappa shape index (κ3) is 1.38. The molecule has 0 amide bonds. The van der Waals surface area contributed by atoms with Crippen molar-refractivity contribution >= 4 is 5.69 Å². The average molecular weight is 126 g/mol. The molecule has 0 fully saturated rings. The van der Waals surface area contributed by atoms with Crippen LogP contribution in [0.4, 0.5) is 10.2 Å². The van der Waals surface area contributed by atoms with E-state index >= 15 is 0 Å². The molecule has 3 heteroatoms. The lowest BCUT2D eigenvalue weighted by atomic mass is 10.4. The Morgan fingerprint density at radius 2 is 2.44 bits per heavy atom. The second kappa shape index (κ2) is 2.44. The van der Waals surface area contributed by atoms with Gasteiger partial charge in [-0.2, -0.15) is 0 Å². The Morgan fingerprint density at radius 1 is 1.67 bits per heavy atom. The molecular formula is C6H7FN2. The predicted octanol–water partition coefficient (Wildman–Crippen LogP) is 1.40. The zero-order chi connectivity index (χ0) is 6.69. The van der Waals surface area contributed by atoms with Crippen LogP contribution < -0.4 is 5.12 Å². The van der Waals surface area contributed by atoms with Crippen molar-refractivity contribution < 1.29 is 4.48 Å². The molecule has 0 N–H and O–H groups in total. The fourth-order valence-electron chi connectivity index (χ4n) is 0.536. The summed E-state index contributed by atoms with van der Waals surface area (Å²) in [4.78, 5) is 3.72. The summed E-state index contributed by atoms with van der Waals surface area (Å²) in [6.07, 6.45) is 3.06. The Bertz CT molecular complexity index is 174. The van der Waals surface area contributed by atoms with Crippen molar-refractivity contribution in [3.05, 3.63) is 24.5 Å². The monoisotopic (exact) mass is 126 g/mol. The van der Waals surface area contributed by atoms with E-state index in [2.05, 4.69) is 4.98 Å². The molecule has 0 spiro atoms. The largest absolute Gasteiger partial charge is 0.262 e. The van der Waals surface area contributed by atoms with Crippen molar-refractivity contribution in [2.75, 3.05) is 12.2 Å². The quantitative estimate of drug-likeness (QED) is 0.529. The third-order valence-electron chi connectivity index (χ3n) is 1.00. The summed E-state index contributed by atoms with van der Waals surface area (Å²) in [5, 5.41) is 0.521. The van der Waals surface area contributed by atoms with Gasteiger partial charge in [-0.1, -0.05) is 0 Å². The minimum atomic E-state index is 0.470. The van der Waals surface area contributed by atoms with E-state index in [0.29, 0.717) is 10.8 Å². The van der Waals surface area contributed by atoms with Gasteiger partial charge in [-0.15, -0.1) is 4.48 Å². The van der Waals surface area contributed by atoms with Crippen LogP contribution in [0.2, 0.25) is 0 Å². The van der Waals surface area contributed by atoms with Gasteiger partial charge in [0.15, 0.2) is 0 Å². The topological polar surface area (TPSA) is 16.1 Å². The second-order valence-electron chi connectivity index (χ2n) is 1.69. The van der Waals surface area contributed by atoms with E-state index in [9.17, 15) is 4.48 Å². The Hall–Kier alpha value is -1.12. The van der Waals surface area contributed by atoms with Crippen molar-refractivity contribution in [2.24, 2.45) is 0 Å². The number of nitrogens with zero attached hydrogens (tertiary/aromatic N) is 2. The Labute approximate surface area is 52.9 Å². The molecule has 0 saturated heterocycles. The van der Waals surface area contributed by atoms with Crippen LogP contribution in [0.25, 0.3) is 0 Å². The molecule has 0 atom stereocenters. The number of anilines is 1. The summed E-state index contributed by atoms with van der Waals surface area (Å²) in [6, 6.07) is 3.33. The molecule has 1 aromatic heterocycles. The first-order valence-corrected chi connectivity index (χ1v) is 2.60. The molecule has 0 radical (unpaired) electrons. The molecule has 0 bridgehead atoms. The first-order valence-electron chi connectivity index (χ1n) is 2.60. The Morgan fingerprint density at radius 3 is 2.78 bits per heavy atom. The van der Waals surface area contributed by atoms with Crippen LogP contribution in [0.15, 0.2) is 24.5 Å². The molecule has 48 valence electrons. The maximum atomic E-state index is 12.2. The van der Waals surface area contributed by atoms with E-state index < -0.39 is 0 Å². The van der Waals surface area contributed by atoms with Crippen LogP contribution in [0.5, 0.6) is 0 Å². The molecule has 0 saturated carbocycles. The normalized spacial score (nSPS) is 9.11. The minimum Gasteiger partial charge on any atom is -0.262 e. The van der Waals surface area contributed by atoms with Crippen LogP contribution in [-0.2, 0) is 0 Å². The summed E-state index contributed by atoms with van der Waals surface area (Å²) in [5.41, 5.74) is 0.470. The van der Waals surface area contributed by atoms with Gasteiger partial charge in [0.1, 0.15) is 0 Å². The van der Waals surface area contributed by atoms with Crippen molar-refractivity contribution in [1.29, 1.82) is 0 Å². The lowest BCUT2D eigenvalue weighted by molar-refractivity contribution is 0.475. The molecule has 0 aliphatic rings. The number of rotatable bonds is 1. The van der Waals surface area contributed by atoms with Gasteiger partial charge in [0.2, 0.25) is 0 Å². The van der Waals surface area contributed by atoms with E-state index in [1.165, 1.54) is 13.2 Å². The molecule has 0 aromatic carbocycles. The zero-order valence-electron chi connectivity index (χ0n) is 5.08. The minimum absolute atomic E-state index is 0.470. The zero-order valence-corrected chi connectivity index (χ0v) is 5.08. The number of hydrogen-bond acceptors (Lipinski definition) is 2. The Balaban J connectivity index is 2.85. The molecule has 0 unspecified atom stereocenters. The number of pyridine rings is 1. The van der Waals surface area contributed by atoms with Crippen LogP contribution in [0.3, 0.4) is 0 Å². The van der Waals surface area contributed by atoms with E-state index in [1.807, 2.05) is 0 Å². The van der Waals surface area contributed by atoms with Gasteiger partial charge in [0.25, 0.3) is 0 Å². The maximum absolute atomic E-state index is 12.2. The lowest BCUT2D eigenvalue weighted by Gasteiger charge is -2.03. The van der Waals surface area contributed by atoms with E-state index in [0.717, 1.165) is 0 Å². The predicted molar refractivity (Wildman–Crippen MR) is 33.7 cm³/mol. The first kappa shape index (κ1) is 6.01. The second-order valence-corrected chi connectivity index (χ2v) is 1.69. The fourth-order valence-corrected chi connectivity index (χ4v) is 0.536. The Kier molecular flexibility index (Phi) is 1.63. The molecule has 1 rings (SSSR count). The molecule has 0 aliphatic carbocycles. The fraction of sp³-hybridized carbons (Fsp3) is 0.167. The lowest BCUT2D eigenvalue weighted by Crippen LogP contribution is -2.01. The highest BCUT2D eigenvalue weighted by molar-refractivity contribution is 5.39. The van der Waals surface area contributed by atoms with Gasteiger partial charge in [-0.3, -0.25) is 4.98 Å². The van der Waals surface area contributed by atoms with Crippen LogP contribution in [-0.4, -0.2) is 12.0 Å². The maximum Gasteiger partial charge on any atom is 0.0867 e. The number of halogens is 1. The molecule has 1 aromatic rings. The van der Waals surface area contributed by atoms with E-state index in [1.54, 1.807) is 18.3 Å². The summed E-state index contributed by atoms with van der Waals surface area (Å²) in [5.74, 6) is 0. The third-order valence-corrected chi connectivity index (χ3v) is 1.00. The summed E-state index contributed by atoms with van der Waals surface area (Å²) < 4.78 is 12.2. The van der Waals surface area contributed by atoms with Crippen molar-refractivity contribution in [1.82, 2.24) is 4.98 Å². The van der Waals surface area contributed by atoms with Crippen LogP contribution in [0.1, 0.15) is 0 Å².